The van der Waals surface area contributed by atoms with Gasteiger partial charge in [-0.05, 0) is 80.5 Å². The minimum Gasteiger partial charge on any atom is -0.478 e. The molecular formula is C24H24F3N3O3S. The van der Waals surface area contributed by atoms with Crippen LogP contribution in [0.4, 0.5) is 13.2 Å². The van der Waals surface area contributed by atoms with E-state index in [-0.39, 0.29) is 5.56 Å². The number of aliphatic carboxylic acids is 1. The second kappa shape index (κ2) is 9.32. The second-order valence-corrected chi connectivity index (χ2v) is 9.68. The van der Waals surface area contributed by atoms with Gasteiger partial charge in [0.1, 0.15) is 11.4 Å². The van der Waals surface area contributed by atoms with E-state index >= 15 is 0 Å². The van der Waals surface area contributed by atoms with E-state index in [1.165, 1.54) is 30.9 Å². The Bertz CT molecular complexity index is 1180. The Labute approximate surface area is 198 Å². The molecule has 1 fully saturated rings. The number of hydrogen-bond acceptors (Lipinski definition) is 5. The van der Waals surface area contributed by atoms with Gasteiger partial charge in [-0.15, -0.1) is 11.8 Å². The average Bonchev–Trinajstić information content (AvgIpc) is 3.47. The van der Waals surface area contributed by atoms with Crippen LogP contribution >= 0.6 is 11.8 Å². The summed E-state index contributed by atoms with van der Waals surface area (Å²) in [5, 5.41) is 19.6. The molecule has 34 heavy (non-hydrogen) atoms. The van der Waals surface area contributed by atoms with E-state index in [9.17, 15) is 23.1 Å². The van der Waals surface area contributed by atoms with Gasteiger partial charge >= 0.3 is 12.1 Å². The van der Waals surface area contributed by atoms with E-state index < -0.39 is 28.6 Å². The molecule has 1 heterocycles. The number of carboxylic acid groups (broad SMARTS) is 1. The predicted molar refractivity (Wildman–Crippen MR) is 121 cm³/mol. The van der Waals surface area contributed by atoms with Crippen molar-refractivity contribution >= 4 is 17.7 Å². The molecule has 2 aromatic carbocycles. The summed E-state index contributed by atoms with van der Waals surface area (Å²) in [6, 6.07) is 9.62. The number of nitrogens with zero attached hydrogens (tertiary/aromatic N) is 2. The number of carbonyl (C=O) groups is 1. The third kappa shape index (κ3) is 4.91. The van der Waals surface area contributed by atoms with Crippen molar-refractivity contribution in [2.24, 2.45) is 0 Å². The second-order valence-electron chi connectivity index (χ2n) is 8.50. The van der Waals surface area contributed by atoms with Gasteiger partial charge in [0.05, 0.1) is 17.0 Å². The molecule has 1 aliphatic rings. The Hall–Kier alpha value is -3.01. The van der Waals surface area contributed by atoms with Crippen LogP contribution in [0.25, 0.3) is 0 Å². The fraction of sp³-hybridized carbons (Fsp3) is 0.375. The number of alkyl halides is 3. The first-order valence-electron chi connectivity index (χ1n) is 10.8. The molecule has 0 aliphatic heterocycles. The lowest BCUT2D eigenvalue weighted by atomic mass is 10.0. The summed E-state index contributed by atoms with van der Waals surface area (Å²) < 4.78 is 46.5. The van der Waals surface area contributed by atoms with Crippen molar-refractivity contribution in [1.82, 2.24) is 15.4 Å². The largest absolute Gasteiger partial charge is 0.478 e. The molecule has 0 amide bonds. The van der Waals surface area contributed by atoms with Crippen LogP contribution in [0.1, 0.15) is 58.9 Å². The van der Waals surface area contributed by atoms with Crippen LogP contribution in [-0.4, -0.2) is 32.1 Å². The van der Waals surface area contributed by atoms with Crippen molar-refractivity contribution in [1.29, 1.82) is 0 Å². The predicted octanol–water partition coefficient (Wildman–Crippen LogP) is 6.10. The Balaban J connectivity index is 1.64. The van der Waals surface area contributed by atoms with Gasteiger partial charge in [-0.1, -0.05) is 12.1 Å². The summed E-state index contributed by atoms with van der Waals surface area (Å²) in [6.45, 7) is 3.25. The summed E-state index contributed by atoms with van der Waals surface area (Å²) >= 11 is 1.33. The smallest absolute Gasteiger partial charge is 0.416 e. The maximum Gasteiger partial charge on any atom is 0.416 e. The number of thioether (sulfide) groups is 1. The summed E-state index contributed by atoms with van der Waals surface area (Å²) in [5.41, 5.74) is -0.0533. The number of H-pyrrole nitrogens is 1. The Morgan fingerprint density at radius 3 is 2.47 bits per heavy atom. The average molecular weight is 492 g/mol. The van der Waals surface area contributed by atoms with E-state index in [2.05, 4.69) is 15.4 Å². The number of nitrogens with one attached hydrogen (secondary N) is 1. The van der Waals surface area contributed by atoms with Crippen molar-refractivity contribution < 1.29 is 27.8 Å². The summed E-state index contributed by atoms with van der Waals surface area (Å²) in [5.74, 6) is -0.477. The minimum absolute atomic E-state index is 0.150. The zero-order valence-corrected chi connectivity index (χ0v) is 19.5. The molecule has 10 heteroatoms. The molecule has 1 aromatic heterocycles. The van der Waals surface area contributed by atoms with Gasteiger partial charge in [0.2, 0.25) is 5.60 Å². The number of aromatic amines is 1. The lowest BCUT2D eigenvalue weighted by Gasteiger charge is -2.26. The van der Waals surface area contributed by atoms with Crippen molar-refractivity contribution in [3.63, 3.8) is 0 Å². The maximum atomic E-state index is 13.5. The van der Waals surface area contributed by atoms with E-state index in [0.717, 1.165) is 29.4 Å². The third-order valence-electron chi connectivity index (χ3n) is 6.08. The number of ether oxygens (including phenoxy) is 1. The molecule has 0 saturated heterocycles. The highest BCUT2D eigenvalue weighted by Gasteiger charge is 2.44. The number of aryl methyl sites for hydroxylation is 2. The standard InChI is InChI=1S/C24H24F3N3O3S/c1-14-5-6-16(12-18(14)24(25,26)27)21(19-13-28-30-29-19)34-17-7-8-20(15(2)11-17)33-23(22(31)32)9-3-4-10-23/h5-8,11-13,21H,3-4,9-10H2,1-2H3,(H,31,32)(H,28,29,30). The lowest BCUT2D eigenvalue weighted by molar-refractivity contribution is -0.154. The van der Waals surface area contributed by atoms with Gasteiger partial charge in [-0.3, -0.25) is 0 Å². The quantitative estimate of drug-likeness (QED) is 0.389. The molecule has 1 unspecified atom stereocenters. The van der Waals surface area contributed by atoms with Crippen molar-refractivity contribution in [2.75, 3.05) is 0 Å². The van der Waals surface area contributed by atoms with Gasteiger partial charge in [0, 0.05) is 4.90 Å². The highest BCUT2D eigenvalue weighted by Crippen LogP contribution is 2.43. The monoisotopic (exact) mass is 491 g/mol. The van der Waals surface area contributed by atoms with Gasteiger partial charge < -0.3 is 9.84 Å². The van der Waals surface area contributed by atoms with Crippen LogP contribution in [0.5, 0.6) is 5.75 Å². The van der Waals surface area contributed by atoms with Crippen LogP contribution in [0, 0.1) is 13.8 Å². The Kier molecular flexibility index (Phi) is 6.62. The number of benzene rings is 2. The first-order chi connectivity index (χ1) is 16.1. The van der Waals surface area contributed by atoms with Crippen LogP contribution in [0.2, 0.25) is 0 Å². The van der Waals surface area contributed by atoms with Gasteiger partial charge in [-0.2, -0.15) is 28.6 Å². The van der Waals surface area contributed by atoms with Crippen LogP contribution in [-0.2, 0) is 11.0 Å². The fourth-order valence-electron chi connectivity index (χ4n) is 4.21. The molecule has 2 N–H and O–H groups in total. The third-order valence-corrected chi connectivity index (χ3v) is 7.35. The molecule has 1 saturated carbocycles. The zero-order chi connectivity index (χ0) is 24.5. The molecule has 0 spiro atoms. The first kappa shape index (κ1) is 24.1. The molecule has 3 aromatic rings. The number of hydrogen-bond donors (Lipinski definition) is 2. The number of rotatable bonds is 7. The summed E-state index contributed by atoms with van der Waals surface area (Å²) in [7, 11) is 0. The van der Waals surface area contributed by atoms with Gasteiger partial charge in [0.15, 0.2) is 0 Å². The van der Waals surface area contributed by atoms with E-state index in [1.54, 1.807) is 18.2 Å². The highest BCUT2D eigenvalue weighted by atomic mass is 32.2. The molecular weight excluding hydrogens is 467 g/mol. The Morgan fingerprint density at radius 2 is 1.88 bits per heavy atom. The highest BCUT2D eigenvalue weighted by molar-refractivity contribution is 7.99. The van der Waals surface area contributed by atoms with E-state index in [0.29, 0.717) is 29.8 Å². The molecule has 0 radical (unpaired) electrons. The zero-order valence-electron chi connectivity index (χ0n) is 18.6. The van der Waals surface area contributed by atoms with E-state index in [4.69, 9.17) is 4.74 Å². The Morgan fingerprint density at radius 1 is 1.15 bits per heavy atom. The number of aromatic nitrogens is 3. The molecule has 0 bridgehead atoms. The van der Waals surface area contributed by atoms with Gasteiger partial charge in [0.25, 0.3) is 0 Å². The SMILES string of the molecule is Cc1cc(SC(c2ccc(C)c(C(F)(F)F)c2)c2cn[nH]n2)ccc1OC1(C(=O)O)CCCC1. The summed E-state index contributed by atoms with van der Waals surface area (Å²) in [6.07, 6.45) is -0.450. The number of carboxylic acids is 1. The van der Waals surface area contributed by atoms with Crippen molar-refractivity contribution in [2.45, 2.75) is 61.5 Å². The summed E-state index contributed by atoms with van der Waals surface area (Å²) in [4.78, 5) is 12.6. The van der Waals surface area contributed by atoms with Crippen molar-refractivity contribution in [3.05, 3.63) is 70.5 Å². The molecule has 4 rings (SSSR count). The first-order valence-corrected chi connectivity index (χ1v) is 11.7. The maximum absolute atomic E-state index is 13.5. The normalized spacial score (nSPS) is 16.4. The van der Waals surface area contributed by atoms with Gasteiger partial charge in [-0.25, -0.2) is 4.79 Å². The molecule has 180 valence electrons. The molecule has 1 aliphatic carbocycles. The minimum atomic E-state index is -4.46. The van der Waals surface area contributed by atoms with Crippen LogP contribution < -0.4 is 4.74 Å². The number of halogens is 3. The van der Waals surface area contributed by atoms with Crippen LogP contribution in [0.15, 0.2) is 47.5 Å². The molecule has 1 atom stereocenters. The molecule has 6 nitrogen and oxygen atoms in total. The van der Waals surface area contributed by atoms with Crippen LogP contribution in [0.3, 0.4) is 0 Å². The van der Waals surface area contributed by atoms with E-state index in [1.807, 2.05) is 13.0 Å². The lowest BCUT2D eigenvalue weighted by Crippen LogP contribution is -2.41. The fourth-order valence-corrected chi connectivity index (χ4v) is 5.39. The topological polar surface area (TPSA) is 88.1 Å². The van der Waals surface area contributed by atoms with Crippen molar-refractivity contribution in [3.8, 4) is 5.75 Å².